The number of carbonyl (C=O) groups is 1. The predicted molar refractivity (Wildman–Crippen MR) is 129 cm³/mol. The third-order valence-electron chi connectivity index (χ3n) is 4.54. The van der Waals surface area contributed by atoms with Gasteiger partial charge < -0.3 is 10.1 Å². The number of carbonyl (C=O) groups excluding carboxylic acids is 1. The summed E-state index contributed by atoms with van der Waals surface area (Å²) in [5, 5.41) is 3.31. The summed E-state index contributed by atoms with van der Waals surface area (Å²) >= 11 is 6.03. The van der Waals surface area contributed by atoms with E-state index in [-0.39, 0.29) is 18.6 Å². The maximum atomic E-state index is 12.7. The van der Waals surface area contributed by atoms with Gasteiger partial charge in [0.1, 0.15) is 5.75 Å². The maximum absolute atomic E-state index is 12.7. The molecule has 0 aromatic heterocycles. The van der Waals surface area contributed by atoms with Crippen LogP contribution in [0.5, 0.6) is 5.75 Å². The van der Waals surface area contributed by atoms with Crippen molar-refractivity contribution in [1.29, 1.82) is 0 Å². The lowest BCUT2D eigenvalue weighted by Crippen LogP contribution is -2.29. The Morgan fingerprint density at radius 2 is 1.72 bits per heavy atom. The van der Waals surface area contributed by atoms with Crippen LogP contribution in [0.15, 0.2) is 72.8 Å². The summed E-state index contributed by atoms with van der Waals surface area (Å²) in [6.45, 7) is 3.95. The lowest BCUT2D eigenvalue weighted by atomic mass is 10.1. The molecule has 0 fully saturated rings. The van der Waals surface area contributed by atoms with Gasteiger partial charge in [-0.15, -0.1) is 0 Å². The van der Waals surface area contributed by atoms with Gasteiger partial charge in [0.05, 0.1) is 30.3 Å². The summed E-state index contributed by atoms with van der Waals surface area (Å²) in [5.74, 6) is 0.309. The second kappa shape index (κ2) is 10.1. The van der Waals surface area contributed by atoms with E-state index in [9.17, 15) is 13.2 Å². The van der Waals surface area contributed by atoms with Crippen molar-refractivity contribution in [2.45, 2.75) is 26.5 Å². The smallest absolute Gasteiger partial charge is 0.255 e. The lowest BCUT2D eigenvalue weighted by molar-refractivity contribution is 0.102. The molecule has 1 amide bonds. The van der Waals surface area contributed by atoms with E-state index in [2.05, 4.69) is 5.32 Å². The Hall–Kier alpha value is -3.03. The van der Waals surface area contributed by atoms with Gasteiger partial charge >= 0.3 is 0 Å². The molecule has 168 valence electrons. The van der Waals surface area contributed by atoms with E-state index >= 15 is 0 Å². The number of benzene rings is 3. The first kappa shape index (κ1) is 23.6. The van der Waals surface area contributed by atoms with Crippen LogP contribution >= 0.6 is 11.6 Å². The van der Waals surface area contributed by atoms with Crippen molar-refractivity contribution in [2.24, 2.45) is 0 Å². The average Bonchev–Trinajstić information content (AvgIpc) is 2.72. The largest absolute Gasteiger partial charge is 0.489 e. The molecular formula is C24H25ClN2O4S. The first-order valence-electron chi connectivity index (χ1n) is 10.0. The van der Waals surface area contributed by atoms with Crippen molar-refractivity contribution in [2.75, 3.05) is 15.9 Å². The topological polar surface area (TPSA) is 75.7 Å². The Kier molecular flexibility index (Phi) is 7.43. The molecule has 3 aromatic rings. The minimum atomic E-state index is -3.53. The van der Waals surface area contributed by atoms with Crippen LogP contribution < -0.4 is 14.4 Å². The van der Waals surface area contributed by atoms with Crippen LogP contribution in [-0.2, 0) is 16.6 Å². The van der Waals surface area contributed by atoms with Gasteiger partial charge in [-0.05, 0) is 61.9 Å². The summed E-state index contributed by atoms with van der Waals surface area (Å²) in [6.07, 6.45) is 1.12. The molecule has 6 nitrogen and oxygen atoms in total. The van der Waals surface area contributed by atoms with E-state index in [0.717, 1.165) is 11.8 Å². The molecule has 0 heterocycles. The molecule has 8 heteroatoms. The molecule has 0 aliphatic heterocycles. The van der Waals surface area contributed by atoms with E-state index in [1.165, 1.54) is 4.31 Å². The minimum Gasteiger partial charge on any atom is -0.489 e. The summed E-state index contributed by atoms with van der Waals surface area (Å²) in [7, 11) is -3.53. The molecule has 0 aliphatic rings. The molecule has 0 saturated heterocycles. The Labute approximate surface area is 193 Å². The van der Waals surface area contributed by atoms with Gasteiger partial charge in [0.2, 0.25) is 10.0 Å². The Morgan fingerprint density at radius 1 is 1.03 bits per heavy atom. The quantitative estimate of drug-likeness (QED) is 0.479. The van der Waals surface area contributed by atoms with E-state index < -0.39 is 10.0 Å². The number of amides is 1. The van der Waals surface area contributed by atoms with Crippen LogP contribution in [0.1, 0.15) is 29.8 Å². The fourth-order valence-corrected chi connectivity index (χ4v) is 4.14. The number of hydrogen-bond donors (Lipinski definition) is 1. The zero-order chi connectivity index (χ0) is 23.3. The van der Waals surface area contributed by atoms with E-state index in [0.29, 0.717) is 27.7 Å². The number of ether oxygens (including phenoxy) is 1. The molecule has 0 aliphatic carbocycles. The fourth-order valence-electron chi connectivity index (χ4n) is 3.08. The summed E-state index contributed by atoms with van der Waals surface area (Å²) in [5.41, 5.74) is 2.24. The molecule has 0 spiro atoms. The summed E-state index contributed by atoms with van der Waals surface area (Å²) in [6, 6.07) is 20.7. The number of hydrogen-bond acceptors (Lipinski definition) is 4. The highest BCUT2D eigenvalue weighted by atomic mass is 35.5. The molecule has 0 unspecified atom stereocenters. The van der Waals surface area contributed by atoms with Gasteiger partial charge in [0, 0.05) is 10.6 Å². The van der Waals surface area contributed by atoms with Gasteiger partial charge in [0.25, 0.3) is 5.91 Å². The number of anilines is 2. The lowest BCUT2D eigenvalue weighted by Gasteiger charge is -2.23. The molecular weight excluding hydrogens is 448 g/mol. The SMILES string of the molecule is CC(C)Oc1ccccc1NC(=O)c1ccc(CN(c2cccc(Cl)c2)S(C)(=O)=O)cc1. The monoisotopic (exact) mass is 472 g/mol. The molecule has 0 radical (unpaired) electrons. The Balaban J connectivity index is 1.76. The first-order valence-corrected chi connectivity index (χ1v) is 12.3. The minimum absolute atomic E-state index is 0.0235. The normalized spacial score (nSPS) is 11.3. The van der Waals surface area contributed by atoms with Crippen molar-refractivity contribution >= 4 is 38.9 Å². The number of halogens is 1. The van der Waals surface area contributed by atoms with Crippen LogP contribution in [0.2, 0.25) is 5.02 Å². The molecule has 3 rings (SSSR count). The predicted octanol–water partition coefficient (Wildman–Crippen LogP) is 5.35. The zero-order valence-electron chi connectivity index (χ0n) is 18.1. The van der Waals surface area contributed by atoms with Crippen LogP contribution in [0.4, 0.5) is 11.4 Å². The van der Waals surface area contributed by atoms with Gasteiger partial charge in [-0.2, -0.15) is 0 Å². The molecule has 32 heavy (non-hydrogen) atoms. The van der Waals surface area contributed by atoms with Crippen LogP contribution in [0.3, 0.4) is 0 Å². The highest BCUT2D eigenvalue weighted by molar-refractivity contribution is 7.92. The second-order valence-corrected chi connectivity index (χ2v) is 9.91. The third kappa shape index (κ3) is 6.24. The number of para-hydroxylation sites is 2. The average molecular weight is 473 g/mol. The molecule has 0 bridgehead atoms. The number of rotatable bonds is 8. The highest BCUT2D eigenvalue weighted by Gasteiger charge is 2.18. The third-order valence-corrected chi connectivity index (χ3v) is 5.91. The van der Waals surface area contributed by atoms with E-state index in [4.69, 9.17) is 16.3 Å². The van der Waals surface area contributed by atoms with Crippen molar-refractivity contribution < 1.29 is 17.9 Å². The van der Waals surface area contributed by atoms with Gasteiger partial charge in [-0.1, -0.05) is 41.9 Å². The molecule has 0 atom stereocenters. The Bertz CT molecular complexity index is 1190. The van der Waals surface area contributed by atoms with Crippen LogP contribution in [-0.4, -0.2) is 26.7 Å². The summed E-state index contributed by atoms with van der Waals surface area (Å²) in [4.78, 5) is 12.7. The molecule has 0 saturated carbocycles. The van der Waals surface area contributed by atoms with E-state index in [1.807, 2.05) is 26.0 Å². The maximum Gasteiger partial charge on any atom is 0.255 e. The standard InChI is InChI=1S/C24H25ClN2O4S/c1-17(2)31-23-10-5-4-9-22(23)26-24(28)19-13-11-18(12-14-19)16-27(32(3,29)30)21-8-6-7-20(25)15-21/h4-15,17H,16H2,1-3H3,(H,26,28). The van der Waals surface area contributed by atoms with Crippen LogP contribution in [0, 0.1) is 0 Å². The number of sulfonamides is 1. The van der Waals surface area contributed by atoms with Gasteiger partial charge in [0.15, 0.2) is 0 Å². The van der Waals surface area contributed by atoms with Crippen molar-refractivity contribution in [3.8, 4) is 5.75 Å². The zero-order valence-corrected chi connectivity index (χ0v) is 19.7. The van der Waals surface area contributed by atoms with Crippen molar-refractivity contribution in [3.63, 3.8) is 0 Å². The summed E-state index contributed by atoms with van der Waals surface area (Å²) < 4.78 is 31.7. The second-order valence-electron chi connectivity index (χ2n) is 7.56. The fraction of sp³-hybridized carbons (Fsp3) is 0.208. The van der Waals surface area contributed by atoms with Gasteiger partial charge in [-0.3, -0.25) is 9.10 Å². The highest BCUT2D eigenvalue weighted by Crippen LogP contribution is 2.26. The van der Waals surface area contributed by atoms with Gasteiger partial charge in [-0.25, -0.2) is 8.42 Å². The molecule has 3 aromatic carbocycles. The number of nitrogens with zero attached hydrogens (tertiary/aromatic N) is 1. The molecule has 1 N–H and O–H groups in total. The van der Waals surface area contributed by atoms with E-state index in [1.54, 1.807) is 60.7 Å². The van der Waals surface area contributed by atoms with Crippen LogP contribution in [0.25, 0.3) is 0 Å². The first-order chi connectivity index (χ1) is 15.1. The Morgan fingerprint density at radius 3 is 2.34 bits per heavy atom. The van der Waals surface area contributed by atoms with Crippen molar-refractivity contribution in [3.05, 3.63) is 88.9 Å². The van der Waals surface area contributed by atoms with Crippen molar-refractivity contribution in [1.82, 2.24) is 0 Å². The number of nitrogens with one attached hydrogen (secondary N) is 1.